The second kappa shape index (κ2) is 6.80. The molecule has 0 aromatic carbocycles. The third kappa shape index (κ3) is 2.82. The van der Waals surface area contributed by atoms with Crippen molar-refractivity contribution in [1.82, 2.24) is 0 Å². The number of ether oxygens (including phenoxy) is 1. The van der Waals surface area contributed by atoms with Crippen LogP contribution in [0.3, 0.4) is 0 Å². The zero-order valence-corrected chi connectivity index (χ0v) is 16.6. The van der Waals surface area contributed by atoms with Crippen molar-refractivity contribution in [2.45, 2.75) is 86.7 Å². The van der Waals surface area contributed by atoms with Crippen LogP contribution in [-0.2, 0) is 14.3 Å². The number of hydrogen-bond acceptors (Lipinski definition) is 3. The van der Waals surface area contributed by atoms with Crippen LogP contribution in [0, 0.1) is 34.5 Å². The van der Waals surface area contributed by atoms with Crippen molar-refractivity contribution in [3.63, 3.8) is 0 Å². The van der Waals surface area contributed by atoms with Crippen LogP contribution in [0.5, 0.6) is 0 Å². The molecule has 4 saturated carbocycles. The lowest BCUT2D eigenvalue weighted by Crippen LogP contribution is -2.36. The van der Waals surface area contributed by atoms with Crippen molar-refractivity contribution in [1.29, 1.82) is 0 Å². The van der Waals surface area contributed by atoms with Gasteiger partial charge in [0, 0.05) is 18.3 Å². The summed E-state index contributed by atoms with van der Waals surface area (Å²) in [5.74, 6) is 2.19. The van der Waals surface area contributed by atoms with Gasteiger partial charge in [0.1, 0.15) is 11.9 Å². The van der Waals surface area contributed by atoms with Gasteiger partial charge in [-0.15, -0.1) is 0 Å². The van der Waals surface area contributed by atoms with Gasteiger partial charge < -0.3 is 4.74 Å². The summed E-state index contributed by atoms with van der Waals surface area (Å²) in [6.45, 7) is 14.3. The van der Waals surface area contributed by atoms with E-state index in [-0.39, 0.29) is 28.8 Å². The number of ketones is 1. The molecule has 0 radical (unpaired) electrons. The summed E-state index contributed by atoms with van der Waals surface area (Å²) < 4.78 is 5.87. The molecule has 3 heteroatoms. The zero-order chi connectivity index (χ0) is 18.3. The summed E-state index contributed by atoms with van der Waals surface area (Å²) >= 11 is 0. The SMILES string of the molecule is CC.CC.CC1(C)CC1(C)C(=O)OC1CC2CC1C1C(=O)CCC21. The number of Topliss-reactive ketones (excluding diaryl/α,β-unsaturated/α-hetero) is 1. The van der Waals surface area contributed by atoms with E-state index in [1.54, 1.807) is 0 Å². The fraction of sp³-hybridized carbons (Fsp3) is 0.905. The molecule has 24 heavy (non-hydrogen) atoms. The predicted octanol–water partition coefficient (Wildman–Crippen LogP) is 5.02. The zero-order valence-electron chi connectivity index (χ0n) is 16.6. The van der Waals surface area contributed by atoms with E-state index in [2.05, 4.69) is 13.8 Å². The van der Waals surface area contributed by atoms with Crippen LogP contribution in [0.15, 0.2) is 0 Å². The Labute approximate surface area is 147 Å². The molecular formula is C21H36O3. The van der Waals surface area contributed by atoms with E-state index >= 15 is 0 Å². The van der Waals surface area contributed by atoms with Gasteiger partial charge in [0.25, 0.3) is 0 Å². The molecule has 4 aliphatic carbocycles. The Morgan fingerprint density at radius 1 is 1.04 bits per heavy atom. The minimum atomic E-state index is -0.298. The predicted molar refractivity (Wildman–Crippen MR) is 96.5 cm³/mol. The minimum Gasteiger partial charge on any atom is -0.462 e. The van der Waals surface area contributed by atoms with Gasteiger partial charge in [-0.2, -0.15) is 0 Å². The first-order valence-electron chi connectivity index (χ1n) is 10.1. The molecule has 4 rings (SSSR count). The number of carbonyl (C=O) groups is 2. The summed E-state index contributed by atoms with van der Waals surface area (Å²) in [6.07, 6.45) is 4.89. The number of carbonyl (C=O) groups excluding carboxylic acids is 2. The Bertz CT molecular complexity index is 495. The summed E-state index contributed by atoms with van der Waals surface area (Å²) in [7, 11) is 0. The van der Waals surface area contributed by atoms with Crippen LogP contribution in [0.1, 0.15) is 80.6 Å². The molecule has 0 saturated heterocycles. The topological polar surface area (TPSA) is 43.4 Å². The van der Waals surface area contributed by atoms with Gasteiger partial charge in [-0.25, -0.2) is 0 Å². The van der Waals surface area contributed by atoms with Gasteiger partial charge in [-0.3, -0.25) is 9.59 Å². The van der Waals surface area contributed by atoms with E-state index in [1.165, 1.54) is 0 Å². The lowest BCUT2D eigenvalue weighted by Gasteiger charge is -2.31. The monoisotopic (exact) mass is 336 g/mol. The Balaban J connectivity index is 0.000000487. The molecule has 6 atom stereocenters. The largest absolute Gasteiger partial charge is 0.462 e. The summed E-state index contributed by atoms with van der Waals surface area (Å²) in [4.78, 5) is 24.5. The molecule has 3 nitrogen and oxygen atoms in total. The molecule has 6 unspecified atom stereocenters. The molecular weight excluding hydrogens is 300 g/mol. The molecule has 0 aromatic rings. The van der Waals surface area contributed by atoms with Gasteiger partial charge in [0.15, 0.2) is 0 Å². The lowest BCUT2D eigenvalue weighted by atomic mass is 9.80. The maximum Gasteiger partial charge on any atom is 0.312 e. The fourth-order valence-electron chi connectivity index (χ4n) is 5.37. The molecule has 0 aliphatic heterocycles. The second-order valence-electron chi connectivity index (χ2n) is 8.43. The van der Waals surface area contributed by atoms with E-state index in [0.29, 0.717) is 23.5 Å². The molecule has 4 aliphatic rings. The maximum atomic E-state index is 12.4. The average molecular weight is 337 g/mol. The lowest BCUT2D eigenvalue weighted by molar-refractivity contribution is -0.161. The molecule has 2 bridgehead atoms. The van der Waals surface area contributed by atoms with Crippen LogP contribution < -0.4 is 0 Å². The van der Waals surface area contributed by atoms with Crippen LogP contribution in [0.25, 0.3) is 0 Å². The average Bonchev–Trinajstić information content (AvgIpc) is 3.01. The smallest absolute Gasteiger partial charge is 0.312 e. The molecule has 0 aromatic heterocycles. The van der Waals surface area contributed by atoms with Gasteiger partial charge in [-0.05, 0) is 49.9 Å². The van der Waals surface area contributed by atoms with Gasteiger partial charge in [0.05, 0.1) is 5.41 Å². The summed E-state index contributed by atoms with van der Waals surface area (Å²) in [5, 5.41) is 0. The summed E-state index contributed by atoms with van der Waals surface area (Å²) in [5.41, 5.74) is -0.221. The normalized spacial score (nSPS) is 43.1. The first-order valence-corrected chi connectivity index (χ1v) is 10.1. The van der Waals surface area contributed by atoms with E-state index in [0.717, 1.165) is 32.1 Å². The van der Waals surface area contributed by atoms with Crippen molar-refractivity contribution in [2.24, 2.45) is 34.5 Å². The molecule has 0 spiro atoms. The highest BCUT2D eigenvalue weighted by molar-refractivity contribution is 5.85. The highest BCUT2D eigenvalue weighted by Crippen LogP contribution is 2.65. The van der Waals surface area contributed by atoms with Crippen LogP contribution in [0.2, 0.25) is 0 Å². The number of esters is 1. The number of fused-ring (bicyclic) bond motifs is 5. The Morgan fingerprint density at radius 3 is 2.17 bits per heavy atom. The third-order valence-electron chi connectivity index (χ3n) is 7.08. The first kappa shape index (κ1) is 19.5. The number of rotatable bonds is 2. The third-order valence-corrected chi connectivity index (χ3v) is 7.08. The van der Waals surface area contributed by atoms with Crippen molar-refractivity contribution in [3.8, 4) is 0 Å². The van der Waals surface area contributed by atoms with Crippen molar-refractivity contribution in [2.75, 3.05) is 0 Å². The van der Waals surface area contributed by atoms with Crippen molar-refractivity contribution >= 4 is 11.8 Å². The van der Waals surface area contributed by atoms with E-state index in [4.69, 9.17) is 4.74 Å². The van der Waals surface area contributed by atoms with Crippen molar-refractivity contribution < 1.29 is 14.3 Å². The highest BCUT2D eigenvalue weighted by atomic mass is 16.5. The minimum absolute atomic E-state index is 0.0176. The highest BCUT2D eigenvalue weighted by Gasteiger charge is 2.65. The van der Waals surface area contributed by atoms with Gasteiger partial charge >= 0.3 is 5.97 Å². The quantitative estimate of drug-likeness (QED) is 0.665. The molecule has 0 heterocycles. The standard InChI is InChI=1S/C17H24O3.2C2H6/c1-16(2)8-17(16,3)15(19)20-13-7-9-6-11(13)14-10(9)4-5-12(14)18;2*1-2/h9-11,13-14H,4-8H2,1-3H3;2*1-2H3. The Kier molecular flexibility index (Phi) is 5.52. The van der Waals surface area contributed by atoms with Crippen LogP contribution in [-0.4, -0.2) is 17.9 Å². The molecule has 0 amide bonds. The second-order valence-corrected chi connectivity index (χ2v) is 8.43. The number of hydrogen-bond donors (Lipinski definition) is 0. The summed E-state index contributed by atoms with van der Waals surface area (Å²) in [6, 6.07) is 0. The molecule has 4 fully saturated rings. The van der Waals surface area contributed by atoms with E-state index in [9.17, 15) is 9.59 Å². The van der Waals surface area contributed by atoms with Crippen LogP contribution >= 0.6 is 0 Å². The molecule has 138 valence electrons. The molecule has 0 N–H and O–H groups in total. The van der Waals surface area contributed by atoms with Gasteiger partial charge in [0.2, 0.25) is 0 Å². The first-order chi connectivity index (χ1) is 11.3. The Morgan fingerprint density at radius 2 is 1.62 bits per heavy atom. The maximum absolute atomic E-state index is 12.4. The van der Waals surface area contributed by atoms with Gasteiger partial charge in [-0.1, -0.05) is 41.5 Å². The Hall–Kier alpha value is -0.860. The van der Waals surface area contributed by atoms with Crippen molar-refractivity contribution in [3.05, 3.63) is 0 Å². The fourth-order valence-corrected chi connectivity index (χ4v) is 5.37. The van der Waals surface area contributed by atoms with E-state index in [1.807, 2.05) is 34.6 Å². The van der Waals surface area contributed by atoms with Crippen LogP contribution in [0.4, 0.5) is 0 Å². The van der Waals surface area contributed by atoms with E-state index < -0.39 is 0 Å².